The molecule has 1 aliphatic carbocycles. The van der Waals surface area contributed by atoms with E-state index >= 15 is 0 Å². The molecule has 3 rings (SSSR count). The maximum Gasteiger partial charge on any atom is 0.164 e. The first-order valence-electron chi connectivity index (χ1n) is 7.59. The summed E-state index contributed by atoms with van der Waals surface area (Å²) in [6.45, 7) is 4.17. The van der Waals surface area contributed by atoms with E-state index in [2.05, 4.69) is 47.8 Å². The molecular formula is C16H23N5. The SMILES string of the molecule is Cc1[nH]c2ncnc(N=C3CCC(N(C)C)CC3)c2c1C. The Labute approximate surface area is 125 Å². The van der Waals surface area contributed by atoms with Crippen molar-refractivity contribution in [2.45, 2.75) is 45.6 Å². The molecule has 2 aromatic heterocycles. The molecule has 1 N–H and O–H groups in total. The molecule has 0 atom stereocenters. The molecule has 0 saturated heterocycles. The molecule has 0 aromatic carbocycles. The minimum Gasteiger partial charge on any atom is -0.343 e. The van der Waals surface area contributed by atoms with E-state index in [0.29, 0.717) is 6.04 Å². The molecule has 0 unspecified atom stereocenters. The van der Waals surface area contributed by atoms with Gasteiger partial charge in [-0.15, -0.1) is 0 Å². The van der Waals surface area contributed by atoms with Gasteiger partial charge in [0.25, 0.3) is 0 Å². The maximum absolute atomic E-state index is 4.84. The summed E-state index contributed by atoms with van der Waals surface area (Å²) in [6.07, 6.45) is 6.10. The summed E-state index contributed by atoms with van der Waals surface area (Å²) in [5.74, 6) is 0.820. The molecule has 0 bridgehead atoms. The van der Waals surface area contributed by atoms with Crippen molar-refractivity contribution in [1.82, 2.24) is 19.9 Å². The zero-order chi connectivity index (χ0) is 15.0. The van der Waals surface area contributed by atoms with Crippen LogP contribution in [0, 0.1) is 13.8 Å². The van der Waals surface area contributed by atoms with Crippen LogP contribution in [0.5, 0.6) is 0 Å². The number of nitrogens with zero attached hydrogens (tertiary/aromatic N) is 4. The van der Waals surface area contributed by atoms with Crippen molar-refractivity contribution >= 4 is 22.6 Å². The molecule has 0 spiro atoms. The highest BCUT2D eigenvalue weighted by molar-refractivity contribution is 5.95. The van der Waals surface area contributed by atoms with Gasteiger partial charge in [0.15, 0.2) is 5.82 Å². The zero-order valence-electron chi connectivity index (χ0n) is 13.3. The third kappa shape index (κ3) is 2.70. The lowest BCUT2D eigenvalue weighted by Crippen LogP contribution is -2.32. The summed E-state index contributed by atoms with van der Waals surface area (Å²) in [5, 5.41) is 1.07. The number of rotatable bonds is 2. The third-order valence-corrected chi connectivity index (χ3v) is 4.60. The highest BCUT2D eigenvalue weighted by Crippen LogP contribution is 2.29. The fourth-order valence-corrected chi connectivity index (χ4v) is 3.07. The summed E-state index contributed by atoms with van der Waals surface area (Å²) in [6, 6.07) is 0.686. The first-order chi connectivity index (χ1) is 10.1. The van der Waals surface area contributed by atoms with Gasteiger partial charge in [-0.25, -0.2) is 15.0 Å². The van der Waals surface area contributed by atoms with Crippen molar-refractivity contribution in [3.05, 3.63) is 17.6 Å². The molecule has 0 aliphatic heterocycles. The second-order valence-corrected chi connectivity index (χ2v) is 6.17. The van der Waals surface area contributed by atoms with Crippen LogP contribution in [0.25, 0.3) is 11.0 Å². The minimum atomic E-state index is 0.686. The van der Waals surface area contributed by atoms with Crippen LogP contribution in [0.3, 0.4) is 0 Å². The summed E-state index contributed by atoms with van der Waals surface area (Å²) in [7, 11) is 4.32. The van der Waals surface area contributed by atoms with Crippen LogP contribution in [-0.2, 0) is 0 Å². The van der Waals surface area contributed by atoms with Crippen LogP contribution in [0.2, 0.25) is 0 Å². The molecule has 5 heteroatoms. The Balaban J connectivity index is 1.90. The zero-order valence-corrected chi connectivity index (χ0v) is 13.3. The smallest absolute Gasteiger partial charge is 0.164 e. The highest BCUT2D eigenvalue weighted by Gasteiger charge is 2.20. The number of hydrogen-bond donors (Lipinski definition) is 1. The van der Waals surface area contributed by atoms with Crippen LogP contribution in [-0.4, -0.2) is 45.7 Å². The summed E-state index contributed by atoms with van der Waals surface area (Å²) in [4.78, 5) is 19.2. The van der Waals surface area contributed by atoms with Gasteiger partial charge in [-0.3, -0.25) is 0 Å². The number of H-pyrrole nitrogens is 1. The number of aromatic nitrogens is 3. The van der Waals surface area contributed by atoms with E-state index in [4.69, 9.17) is 4.99 Å². The first-order valence-corrected chi connectivity index (χ1v) is 7.59. The Morgan fingerprint density at radius 1 is 1.19 bits per heavy atom. The van der Waals surface area contributed by atoms with Gasteiger partial charge < -0.3 is 9.88 Å². The average Bonchev–Trinajstić information content (AvgIpc) is 2.76. The Morgan fingerprint density at radius 2 is 1.90 bits per heavy atom. The summed E-state index contributed by atoms with van der Waals surface area (Å²) >= 11 is 0. The van der Waals surface area contributed by atoms with Gasteiger partial charge >= 0.3 is 0 Å². The van der Waals surface area contributed by atoms with Crippen LogP contribution < -0.4 is 0 Å². The predicted molar refractivity (Wildman–Crippen MR) is 86.4 cm³/mol. The molecule has 21 heavy (non-hydrogen) atoms. The second-order valence-electron chi connectivity index (χ2n) is 6.17. The number of nitrogens with one attached hydrogen (secondary N) is 1. The fraction of sp³-hybridized carbons (Fsp3) is 0.562. The van der Waals surface area contributed by atoms with Gasteiger partial charge in [0.05, 0.1) is 5.39 Å². The Morgan fingerprint density at radius 3 is 2.57 bits per heavy atom. The third-order valence-electron chi connectivity index (χ3n) is 4.60. The lowest BCUT2D eigenvalue weighted by Gasteiger charge is -2.28. The van der Waals surface area contributed by atoms with E-state index in [1.807, 2.05) is 0 Å². The molecule has 0 radical (unpaired) electrons. The predicted octanol–water partition coefficient (Wildman–Crippen LogP) is 3.15. The van der Waals surface area contributed by atoms with Crippen molar-refractivity contribution in [3.8, 4) is 0 Å². The number of hydrogen-bond acceptors (Lipinski definition) is 4. The fourth-order valence-electron chi connectivity index (χ4n) is 3.07. The molecule has 5 nitrogen and oxygen atoms in total. The van der Waals surface area contributed by atoms with Gasteiger partial charge in [0.2, 0.25) is 0 Å². The van der Waals surface area contributed by atoms with Crippen LogP contribution in [0.1, 0.15) is 36.9 Å². The highest BCUT2D eigenvalue weighted by atomic mass is 15.1. The van der Waals surface area contributed by atoms with E-state index in [0.717, 1.165) is 35.4 Å². The van der Waals surface area contributed by atoms with Gasteiger partial charge in [-0.05, 0) is 59.2 Å². The topological polar surface area (TPSA) is 57.2 Å². The van der Waals surface area contributed by atoms with Crippen molar-refractivity contribution in [3.63, 3.8) is 0 Å². The number of fused-ring (bicyclic) bond motifs is 1. The van der Waals surface area contributed by atoms with E-state index in [-0.39, 0.29) is 0 Å². The molecule has 2 aromatic rings. The molecule has 1 saturated carbocycles. The largest absolute Gasteiger partial charge is 0.343 e. The van der Waals surface area contributed by atoms with Crippen LogP contribution in [0.4, 0.5) is 5.82 Å². The van der Waals surface area contributed by atoms with Crippen molar-refractivity contribution in [1.29, 1.82) is 0 Å². The summed E-state index contributed by atoms with van der Waals surface area (Å²) in [5.41, 5.74) is 4.50. The normalized spacial score (nSPS) is 19.5. The van der Waals surface area contributed by atoms with Gasteiger partial charge in [-0.1, -0.05) is 0 Å². The van der Waals surface area contributed by atoms with Crippen molar-refractivity contribution in [2.75, 3.05) is 14.1 Å². The van der Waals surface area contributed by atoms with Gasteiger partial charge in [-0.2, -0.15) is 0 Å². The standard InChI is InChI=1S/C16H23N5/c1-10-11(2)19-15-14(10)16(18-9-17-15)20-12-5-7-13(8-6-12)21(3)4/h9,13H,5-8H2,1-4H3,(H,17,18,19). The Bertz CT molecular complexity index is 673. The molecule has 1 fully saturated rings. The lowest BCUT2D eigenvalue weighted by molar-refractivity contribution is 0.260. The molecular weight excluding hydrogens is 262 g/mol. The number of aryl methyl sites for hydroxylation is 2. The van der Waals surface area contributed by atoms with Gasteiger partial charge in [0.1, 0.15) is 12.0 Å². The second kappa shape index (κ2) is 5.56. The average molecular weight is 285 g/mol. The monoisotopic (exact) mass is 285 g/mol. The first kappa shape index (κ1) is 14.2. The summed E-state index contributed by atoms with van der Waals surface area (Å²) < 4.78 is 0. The molecule has 2 heterocycles. The van der Waals surface area contributed by atoms with E-state index in [1.54, 1.807) is 6.33 Å². The Kier molecular flexibility index (Phi) is 3.76. The lowest BCUT2D eigenvalue weighted by atomic mass is 9.93. The number of aromatic amines is 1. The van der Waals surface area contributed by atoms with E-state index in [1.165, 1.54) is 24.1 Å². The number of aliphatic imine (C=N–C) groups is 1. The van der Waals surface area contributed by atoms with E-state index < -0.39 is 0 Å². The minimum absolute atomic E-state index is 0.686. The van der Waals surface area contributed by atoms with Crippen molar-refractivity contribution in [2.24, 2.45) is 4.99 Å². The van der Waals surface area contributed by atoms with E-state index in [9.17, 15) is 0 Å². The van der Waals surface area contributed by atoms with Crippen molar-refractivity contribution < 1.29 is 0 Å². The Hall–Kier alpha value is -1.75. The van der Waals surface area contributed by atoms with Crippen LogP contribution >= 0.6 is 0 Å². The van der Waals surface area contributed by atoms with Crippen LogP contribution in [0.15, 0.2) is 11.3 Å². The molecule has 112 valence electrons. The molecule has 1 aliphatic rings. The quantitative estimate of drug-likeness (QED) is 0.922. The van der Waals surface area contributed by atoms with Gasteiger partial charge in [0, 0.05) is 17.4 Å². The molecule has 0 amide bonds. The maximum atomic E-state index is 4.84.